The summed E-state index contributed by atoms with van der Waals surface area (Å²) < 4.78 is 0. The van der Waals surface area contributed by atoms with Crippen LogP contribution in [0.1, 0.15) is 56.7 Å². The van der Waals surface area contributed by atoms with Gasteiger partial charge in [-0.2, -0.15) is 0 Å². The molecule has 0 aliphatic carbocycles. The standard InChI is InChI=1S/C22H31NO2.C4H4O4/c1-16(2)23(17(3)4)13-12-20(19-8-6-5-7-9-19)21-14-18(15-24)10-11-22(21)25;5-3(6)1-2-4(7)8/h5-11,14,16-17,20,24-25H,12-13,15H2,1-4H3;1-2H,(H,5,6)(H,7,8). The summed E-state index contributed by atoms with van der Waals surface area (Å²) in [5.41, 5.74) is 2.92. The summed E-state index contributed by atoms with van der Waals surface area (Å²) in [4.78, 5) is 21.6. The van der Waals surface area contributed by atoms with Crippen LogP contribution in [0.4, 0.5) is 0 Å². The van der Waals surface area contributed by atoms with Crippen molar-refractivity contribution < 1.29 is 30.0 Å². The highest BCUT2D eigenvalue weighted by molar-refractivity contribution is 5.89. The van der Waals surface area contributed by atoms with E-state index >= 15 is 0 Å². The average Bonchev–Trinajstić information content (AvgIpc) is 2.76. The minimum absolute atomic E-state index is 0.0150. The third-order valence-corrected chi connectivity index (χ3v) is 5.22. The molecule has 0 bridgehead atoms. The van der Waals surface area contributed by atoms with Gasteiger partial charge in [-0.05, 0) is 63.9 Å². The molecule has 1 atom stereocenters. The maximum atomic E-state index is 10.5. The van der Waals surface area contributed by atoms with Crippen molar-refractivity contribution in [2.45, 2.75) is 58.7 Å². The molecule has 2 rings (SSSR count). The minimum Gasteiger partial charge on any atom is -0.508 e. The number of nitrogens with zero attached hydrogens (tertiary/aromatic N) is 1. The molecule has 0 saturated carbocycles. The molecular formula is C26H35NO6. The summed E-state index contributed by atoms with van der Waals surface area (Å²) in [6.07, 6.45) is 2.04. The van der Waals surface area contributed by atoms with Crippen molar-refractivity contribution in [3.8, 4) is 5.75 Å². The number of carboxylic acids is 2. The van der Waals surface area contributed by atoms with E-state index in [1.54, 1.807) is 12.1 Å². The van der Waals surface area contributed by atoms with E-state index < -0.39 is 11.9 Å². The molecular weight excluding hydrogens is 422 g/mol. The molecule has 0 aromatic heterocycles. The van der Waals surface area contributed by atoms with Gasteiger partial charge in [0.15, 0.2) is 0 Å². The highest BCUT2D eigenvalue weighted by atomic mass is 16.4. The summed E-state index contributed by atoms with van der Waals surface area (Å²) >= 11 is 0. The number of rotatable bonds is 10. The van der Waals surface area contributed by atoms with Crippen LogP contribution in [0.3, 0.4) is 0 Å². The van der Waals surface area contributed by atoms with Crippen LogP contribution in [0.5, 0.6) is 5.75 Å². The molecule has 2 aromatic rings. The van der Waals surface area contributed by atoms with Gasteiger partial charge < -0.3 is 20.4 Å². The monoisotopic (exact) mass is 457 g/mol. The molecule has 7 heteroatoms. The summed E-state index contributed by atoms with van der Waals surface area (Å²) in [6, 6.07) is 16.7. The van der Waals surface area contributed by atoms with Crippen LogP contribution in [-0.4, -0.2) is 55.9 Å². The predicted octanol–water partition coefficient (Wildman–Crippen LogP) is 4.24. The van der Waals surface area contributed by atoms with Gasteiger partial charge in [-0.15, -0.1) is 0 Å². The van der Waals surface area contributed by atoms with Crippen molar-refractivity contribution in [1.82, 2.24) is 4.90 Å². The fourth-order valence-electron chi connectivity index (χ4n) is 3.70. The van der Waals surface area contributed by atoms with Crippen LogP contribution in [0.2, 0.25) is 0 Å². The molecule has 0 fully saturated rings. The molecule has 180 valence electrons. The second-order valence-corrected chi connectivity index (χ2v) is 8.24. The highest BCUT2D eigenvalue weighted by Gasteiger charge is 2.21. The predicted molar refractivity (Wildman–Crippen MR) is 128 cm³/mol. The Balaban J connectivity index is 0.000000582. The lowest BCUT2D eigenvalue weighted by atomic mass is 9.86. The van der Waals surface area contributed by atoms with E-state index in [0.29, 0.717) is 30.0 Å². The Labute approximate surface area is 195 Å². The van der Waals surface area contributed by atoms with E-state index in [1.807, 2.05) is 24.3 Å². The van der Waals surface area contributed by atoms with Crippen LogP contribution in [0.15, 0.2) is 60.7 Å². The number of aromatic hydroxyl groups is 1. The molecule has 0 spiro atoms. The van der Waals surface area contributed by atoms with Crippen molar-refractivity contribution in [2.24, 2.45) is 0 Å². The maximum absolute atomic E-state index is 10.5. The zero-order valence-corrected chi connectivity index (χ0v) is 19.7. The molecule has 2 aromatic carbocycles. The fraction of sp³-hybridized carbons (Fsp3) is 0.385. The van der Waals surface area contributed by atoms with Crippen LogP contribution >= 0.6 is 0 Å². The summed E-state index contributed by atoms with van der Waals surface area (Å²) in [5, 5.41) is 35.6. The molecule has 0 heterocycles. The van der Waals surface area contributed by atoms with Crippen molar-refractivity contribution in [2.75, 3.05) is 6.54 Å². The third-order valence-electron chi connectivity index (χ3n) is 5.22. The Bertz CT molecular complexity index is 884. The van der Waals surface area contributed by atoms with Crippen LogP contribution in [0.25, 0.3) is 0 Å². The van der Waals surface area contributed by atoms with Crippen LogP contribution < -0.4 is 0 Å². The lowest BCUT2D eigenvalue weighted by Gasteiger charge is -2.32. The second-order valence-electron chi connectivity index (χ2n) is 8.24. The van der Waals surface area contributed by atoms with E-state index in [1.165, 1.54) is 5.56 Å². The molecule has 0 saturated heterocycles. The molecule has 1 unspecified atom stereocenters. The number of aliphatic hydroxyl groups excluding tert-OH is 1. The first-order valence-corrected chi connectivity index (χ1v) is 10.9. The van der Waals surface area contributed by atoms with Crippen molar-refractivity contribution in [1.29, 1.82) is 0 Å². The lowest BCUT2D eigenvalue weighted by Crippen LogP contribution is -2.38. The quantitative estimate of drug-likeness (QED) is 0.394. The van der Waals surface area contributed by atoms with Crippen LogP contribution in [0, 0.1) is 0 Å². The van der Waals surface area contributed by atoms with Gasteiger partial charge in [0.2, 0.25) is 0 Å². The first kappa shape index (κ1) is 27.9. The minimum atomic E-state index is -1.26. The Morgan fingerprint density at radius 3 is 1.91 bits per heavy atom. The summed E-state index contributed by atoms with van der Waals surface area (Å²) in [6.45, 7) is 9.84. The number of aliphatic carboxylic acids is 2. The van der Waals surface area contributed by atoms with E-state index in [9.17, 15) is 19.8 Å². The smallest absolute Gasteiger partial charge is 0.328 e. The molecule has 0 aliphatic rings. The number of carboxylic acid groups (broad SMARTS) is 2. The Morgan fingerprint density at radius 2 is 1.45 bits per heavy atom. The van der Waals surface area contributed by atoms with Gasteiger partial charge in [0.25, 0.3) is 0 Å². The number of carbonyl (C=O) groups is 2. The summed E-state index contributed by atoms with van der Waals surface area (Å²) in [5.74, 6) is -2.11. The second kappa shape index (κ2) is 14.1. The highest BCUT2D eigenvalue weighted by Crippen LogP contribution is 2.35. The lowest BCUT2D eigenvalue weighted by molar-refractivity contribution is -0.134. The van der Waals surface area contributed by atoms with E-state index in [0.717, 1.165) is 24.1 Å². The number of benzene rings is 2. The molecule has 33 heavy (non-hydrogen) atoms. The maximum Gasteiger partial charge on any atom is 0.328 e. The number of hydrogen-bond acceptors (Lipinski definition) is 5. The largest absolute Gasteiger partial charge is 0.508 e. The number of aliphatic hydroxyl groups is 1. The van der Waals surface area contributed by atoms with Crippen molar-refractivity contribution in [3.05, 3.63) is 77.4 Å². The molecule has 0 radical (unpaired) electrons. The molecule has 0 aliphatic heterocycles. The van der Waals surface area contributed by atoms with E-state index in [2.05, 4.69) is 44.7 Å². The zero-order chi connectivity index (χ0) is 25.0. The Morgan fingerprint density at radius 1 is 0.909 bits per heavy atom. The fourth-order valence-corrected chi connectivity index (χ4v) is 3.70. The van der Waals surface area contributed by atoms with E-state index in [4.69, 9.17) is 10.2 Å². The van der Waals surface area contributed by atoms with Crippen LogP contribution in [-0.2, 0) is 16.2 Å². The van der Waals surface area contributed by atoms with Crippen molar-refractivity contribution in [3.63, 3.8) is 0 Å². The SMILES string of the molecule is CC(C)N(CCC(c1ccccc1)c1cc(CO)ccc1O)C(C)C.O=C(O)C=CC(=O)O. The van der Waals surface area contributed by atoms with Gasteiger partial charge in [-0.1, -0.05) is 36.4 Å². The van der Waals surface area contributed by atoms with Gasteiger partial charge in [-0.3, -0.25) is 4.90 Å². The van der Waals surface area contributed by atoms with Gasteiger partial charge >= 0.3 is 11.9 Å². The van der Waals surface area contributed by atoms with Crippen molar-refractivity contribution >= 4 is 11.9 Å². The normalized spacial score (nSPS) is 12.1. The molecule has 7 nitrogen and oxygen atoms in total. The number of hydrogen-bond donors (Lipinski definition) is 4. The third kappa shape index (κ3) is 9.89. The van der Waals surface area contributed by atoms with Gasteiger partial charge in [0.1, 0.15) is 5.75 Å². The first-order chi connectivity index (χ1) is 15.6. The topological polar surface area (TPSA) is 118 Å². The zero-order valence-electron chi connectivity index (χ0n) is 19.7. The summed E-state index contributed by atoms with van der Waals surface area (Å²) in [7, 11) is 0. The first-order valence-electron chi connectivity index (χ1n) is 10.9. The van der Waals surface area contributed by atoms with Gasteiger partial charge in [0, 0.05) is 35.7 Å². The average molecular weight is 458 g/mol. The number of phenols is 1. The van der Waals surface area contributed by atoms with Gasteiger partial charge in [0.05, 0.1) is 6.61 Å². The van der Waals surface area contributed by atoms with Gasteiger partial charge in [-0.25, -0.2) is 9.59 Å². The molecule has 0 amide bonds. The van der Waals surface area contributed by atoms with E-state index in [-0.39, 0.29) is 12.5 Å². The molecule has 4 N–H and O–H groups in total. The Hall–Kier alpha value is -3.16. The Kier molecular flexibility index (Phi) is 11.9. The number of phenolic OH excluding ortho intramolecular Hbond substituents is 1.